The average molecular weight is 311 g/mol. The van der Waals surface area contributed by atoms with Crippen molar-refractivity contribution >= 4 is 0 Å². The number of fused-ring (bicyclic) bond motifs is 2. The minimum Gasteiger partial charge on any atom is -0.493 e. The quantitative estimate of drug-likeness (QED) is 0.941. The predicted octanol–water partition coefficient (Wildman–Crippen LogP) is 3.24. The zero-order valence-corrected chi connectivity index (χ0v) is 13.3. The second-order valence-electron chi connectivity index (χ2n) is 6.05. The van der Waals surface area contributed by atoms with E-state index in [9.17, 15) is 0 Å². The highest BCUT2D eigenvalue weighted by Gasteiger charge is 2.15. The van der Waals surface area contributed by atoms with Crippen LogP contribution in [0.25, 0.3) is 0 Å². The Hall–Kier alpha value is -2.20. The Balaban J connectivity index is 1.42. The number of rotatable bonds is 4. The molecule has 4 nitrogen and oxygen atoms in total. The van der Waals surface area contributed by atoms with E-state index in [1.54, 1.807) is 0 Å². The summed E-state index contributed by atoms with van der Waals surface area (Å²) in [7, 11) is 0. The van der Waals surface area contributed by atoms with Gasteiger partial charge in [0.05, 0.1) is 6.61 Å². The summed E-state index contributed by atoms with van der Waals surface area (Å²) in [6, 6.07) is 12.9. The first-order chi connectivity index (χ1) is 11.3. The largest absolute Gasteiger partial charge is 0.493 e. The van der Waals surface area contributed by atoms with Gasteiger partial charge >= 0.3 is 0 Å². The molecule has 0 aliphatic carbocycles. The third kappa shape index (κ3) is 2.99. The molecule has 0 unspecified atom stereocenters. The highest BCUT2D eigenvalue weighted by molar-refractivity contribution is 5.44. The number of nitrogens with one attached hydrogen (secondary N) is 1. The molecule has 0 aromatic heterocycles. The van der Waals surface area contributed by atoms with Crippen LogP contribution in [0, 0.1) is 0 Å². The zero-order valence-electron chi connectivity index (χ0n) is 13.3. The molecule has 0 spiro atoms. The highest BCUT2D eigenvalue weighted by atomic mass is 16.6. The summed E-state index contributed by atoms with van der Waals surface area (Å²) < 4.78 is 16.8. The third-order valence-electron chi connectivity index (χ3n) is 4.43. The van der Waals surface area contributed by atoms with E-state index in [4.69, 9.17) is 14.2 Å². The lowest BCUT2D eigenvalue weighted by Crippen LogP contribution is -2.19. The zero-order chi connectivity index (χ0) is 15.6. The van der Waals surface area contributed by atoms with Crippen LogP contribution in [-0.4, -0.2) is 19.8 Å². The van der Waals surface area contributed by atoms with Crippen LogP contribution < -0.4 is 19.5 Å². The van der Waals surface area contributed by atoms with Gasteiger partial charge in [0.25, 0.3) is 0 Å². The molecule has 2 aliphatic heterocycles. The van der Waals surface area contributed by atoms with Gasteiger partial charge in [0, 0.05) is 19.0 Å². The van der Waals surface area contributed by atoms with Crippen molar-refractivity contribution in [1.29, 1.82) is 0 Å². The maximum absolute atomic E-state index is 5.66. The molecule has 120 valence electrons. The van der Waals surface area contributed by atoms with Gasteiger partial charge < -0.3 is 19.5 Å². The number of hydrogen-bond donors (Lipinski definition) is 1. The molecule has 0 saturated heterocycles. The van der Waals surface area contributed by atoms with Crippen molar-refractivity contribution in [3.05, 3.63) is 53.1 Å². The van der Waals surface area contributed by atoms with Gasteiger partial charge in [-0.1, -0.05) is 18.2 Å². The molecule has 2 heterocycles. The van der Waals surface area contributed by atoms with Gasteiger partial charge in [-0.25, -0.2) is 0 Å². The molecular weight excluding hydrogens is 290 g/mol. The van der Waals surface area contributed by atoms with Gasteiger partial charge in [-0.3, -0.25) is 0 Å². The molecule has 4 rings (SSSR count). The van der Waals surface area contributed by atoms with Crippen LogP contribution >= 0.6 is 0 Å². The first kappa shape index (κ1) is 14.4. The van der Waals surface area contributed by atoms with E-state index < -0.39 is 0 Å². The lowest BCUT2D eigenvalue weighted by Gasteiger charge is -2.21. The fraction of sp³-hybridized carbons (Fsp3) is 0.368. The Morgan fingerprint density at radius 3 is 2.61 bits per heavy atom. The highest BCUT2D eigenvalue weighted by Crippen LogP contribution is 2.32. The fourth-order valence-electron chi connectivity index (χ4n) is 3.07. The van der Waals surface area contributed by atoms with E-state index in [2.05, 4.69) is 42.6 Å². The average Bonchev–Trinajstić information content (AvgIpc) is 3.07. The summed E-state index contributed by atoms with van der Waals surface area (Å²) in [4.78, 5) is 0. The SMILES string of the molecule is C[C@H](NCc1ccc2c(c1)CCO2)c1ccc2c(c1)OCCO2. The predicted molar refractivity (Wildman–Crippen MR) is 88.3 cm³/mol. The van der Waals surface area contributed by atoms with Gasteiger partial charge in [-0.15, -0.1) is 0 Å². The van der Waals surface area contributed by atoms with Gasteiger partial charge in [0.1, 0.15) is 19.0 Å². The lowest BCUT2D eigenvalue weighted by atomic mass is 10.1. The van der Waals surface area contributed by atoms with Gasteiger partial charge in [-0.05, 0) is 41.8 Å². The molecule has 4 heteroatoms. The summed E-state index contributed by atoms with van der Waals surface area (Å²) in [6.45, 7) is 5.06. The number of hydrogen-bond acceptors (Lipinski definition) is 4. The summed E-state index contributed by atoms with van der Waals surface area (Å²) in [5.41, 5.74) is 3.81. The minimum atomic E-state index is 0.246. The van der Waals surface area contributed by atoms with Gasteiger partial charge in [0.15, 0.2) is 11.5 Å². The molecule has 23 heavy (non-hydrogen) atoms. The van der Waals surface area contributed by atoms with E-state index >= 15 is 0 Å². The van der Waals surface area contributed by atoms with E-state index in [1.165, 1.54) is 16.7 Å². The summed E-state index contributed by atoms with van der Waals surface area (Å²) in [5.74, 6) is 2.72. The van der Waals surface area contributed by atoms with Gasteiger partial charge in [-0.2, -0.15) is 0 Å². The van der Waals surface area contributed by atoms with Crippen molar-refractivity contribution in [3.63, 3.8) is 0 Å². The second-order valence-corrected chi connectivity index (χ2v) is 6.05. The molecule has 2 aromatic carbocycles. The monoisotopic (exact) mass is 311 g/mol. The maximum Gasteiger partial charge on any atom is 0.161 e. The molecule has 1 atom stereocenters. The first-order valence-electron chi connectivity index (χ1n) is 8.17. The van der Waals surface area contributed by atoms with Crippen molar-refractivity contribution in [1.82, 2.24) is 5.32 Å². The Kier molecular flexibility index (Phi) is 3.83. The molecule has 0 amide bonds. The molecule has 0 radical (unpaired) electrons. The van der Waals surface area contributed by atoms with Gasteiger partial charge in [0.2, 0.25) is 0 Å². The molecular formula is C19H21NO3. The normalized spacial score (nSPS) is 16.6. The number of ether oxygens (including phenoxy) is 3. The lowest BCUT2D eigenvalue weighted by molar-refractivity contribution is 0.171. The van der Waals surface area contributed by atoms with E-state index in [0.717, 1.165) is 36.8 Å². The topological polar surface area (TPSA) is 39.7 Å². The van der Waals surface area contributed by atoms with E-state index in [-0.39, 0.29) is 6.04 Å². The molecule has 1 N–H and O–H groups in total. The van der Waals surface area contributed by atoms with Crippen LogP contribution in [0.1, 0.15) is 29.7 Å². The van der Waals surface area contributed by atoms with Crippen molar-refractivity contribution in [2.24, 2.45) is 0 Å². The Morgan fingerprint density at radius 1 is 0.913 bits per heavy atom. The Labute approximate surface area is 136 Å². The van der Waals surface area contributed by atoms with E-state index in [0.29, 0.717) is 13.2 Å². The Morgan fingerprint density at radius 2 is 1.70 bits per heavy atom. The van der Waals surface area contributed by atoms with Crippen molar-refractivity contribution in [3.8, 4) is 17.2 Å². The molecule has 0 fully saturated rings. The van der Waals surface area contributed by atoms with Crippen molar-refractivity contribution < 1.29 is 14.2 Å². The van der Waals surface area contributed by atoms with Crippen LogP contribution in [0.3, 0.4) is 0 Å². The minimum absolute atomic E-state index is 0.246. The van der Waals surface area contributed by atoms with Crippen LogP contribution in [0.4, 0.5) is 0 Å². The summed E-state index contributed by atoms with van der Waals surface area (Å²) in [5, 5.41) is 3.58. The molecule has 2 aliphatic rings. The van der Waals surface area contributed by atoms with E-state index in [1.807, 2.05) is 6.07 Å². The second kappa shape index (κ2) is 6.13. The summed E-state index contributed by atoms with van der Waals surface area (Å²) in [6.07, 6.45) is 1.01. The molecule has 0 saturated carbocycles. The van der Waals surface area contributed by atoms with Crippen LogP contribution in [0.5, 0.6) is 17.2 Å². The van der Waals surface area contributed by atoms with Crippen LogP contribution in [0.2, 0.25) is 0 Å². The first-order valence-corrected chi connectivity index (χ1v) is 8.17. The number of benzene rings is 2. The maximum atomic E-state index is 5.66. The summed E-state index contributed by atoms with van der Waals surface area (Å²) >= 11 is 0. The van der Waals surface area contributed by atoms with Crippen molar-refractivity contribution in [2.45, 2.75) is 25.9 Å². The van der Waals surface area contributed by atoms with Crippen LogP contribution in [-0.2, 0) is 13.0 Å². The smallest absolute Gasteiger partial charge is 0.161 e. The Bertz CT molecular complexity index is 714. The van der Waals surface area contributed by atoms with Crippen molar-refractivity contribution in [2.75, 3.05) is 19.8 Å². The standard InChI is InChI=1S/C19H21NO3/c1-13(15-3-5-18-19(11-15)23-9-8-22-18)20-12-14-2-4-17-16(10-14)6-7-21-17/h2-5,10-11,13,20H,6-9,12H2,1H3/t13-/m0/s1. The molecule has 0 bridgehead atoms. The fourth-order valence-corrected chi connectivity index (χ4v) is 3.07. The van der Waals surface area contributed by atoms with Crippen LogP contribution in [0.15, 0.2) is 36.4 Å². The third-order valence-corrected chi connectivity index (χ3v) is 4.43. The molecule has 2 aromatic rings.